The van der Waals surface area contributed by atoms with E-state index in [0.717, 1.165) is 36.6 Å². The van der Waals surface area contributed by atoms with Crippen molar-refractivity contribution in [3.8, 4) is 5.75 Å². The minimum Gasteiger partial charge on any atom is -0.489 e. The summed E-state index contributed by atoms with van der Waals surface area (Å²) in [5.74, 6) is 0.0825. The number of aliphatic carboxylic acids is 1. The van der Waals surface area contributed by atoms with Gasteiger partial charge in [0.05, 0.1) is 0 Å². The van der Waals surface area contributed by atoms with Gasteiger partial charge in [-0.15, -0.1) is 0 Å². The predicted molar refractivity (Wildman–Crippen MR) is 124 cm³/mol. The molecule has 3 aromatic rings. The van der Waals surface area contributed by atoms with Gasteiger partial charge >= 0.3 is 5.97 Å². The SMILES string of the molecule is O=C(O)CC[C@H]1CN(c2ccccc2)CCN1c1ccc(OCc2ccccc2)cc1. The van der Waals surface area contributed by atoms with Crippen LogP contribution < -0.4 is 14.5 Å². The molecule has 0 spiro atoms. The Morgan fingerprint density at radius 2 is 1.55 bits per heavy atom. The number of hydrogen-bond donors (Lipinski definition) is 1. The number of nitrogens with zero attached hydrogens (tertiary/aromatic N) is 2. The quantitative estimate of drug-likeness (QED) is 0.570. The Balaban J connectivity index is 1.44. The number of carbonyl (C=O) groups is 1. The van der Waals surface area contributed by atoms with Crippen LogP contribution in [0.25, 0.3) is 0 Å². The summed E-state index contributed by atoms with van der Waals surface area (Å²) in [7, 11) is 0. The Bertz CT molecular complexity index is 961. The van der Waals surface area contributed by atoms with Crippen molar-refractivity contribution in [1.29, 1.82) is 0 Å². The van der Waals surface area contributed by atoms with Crippen molar-refractivity contribution in [2.75, 3.05) is 29.4 Å². The van der Waals surface area contributed by atoms with Gasteiger partial charge in [0.2, 0.25) is 0 Å². The van der Waals surface area contributed by atoms with E-state index < -0.39 is 5.97 Å². The van der Waals surface area contributed by atoms with Gasteiger partial charge in [-0.1, -0.05) is 48.5 Å². The molecule has 0 saturated carbocycles. The average Bonchev–Trinajstić information content (AvgIpc) is 2.83. The van der Waals surface area contributed by atoms with Gasteiger partial charge < -0.3 is 19.6 Å². The smallest absolute Gasteiger partial charge is 0.303 e. The lowest BCUT2D eigenvalue weighted by molar-refractivity contribution is -0.137. The molecule has 1 saturated heterocycles. The van der Waals surface area contributed by atoms with Crippen LogP contribution in [0.2, 0.25) is 0 Å². The van der Waals surface area contributed by atoms with E-state index in [0.29, 0.717) is 13.0 Å². The molecule has 0 aromatic heterocycles. The van der Waals surface area contributed by atoms with Gasteiger partial charge in [0.25, 0.3) is 0 Å². The third-order valence-electron chi connectivity index (χ3n) is 5.71. The topological polar surface area (TPSA) is 53.0 Å². The van der Waals surface area contributed by atoms with Crippen molar-refractivity contribution in [2.24, 2.45) is 0 Å². The summed E-state index contributed by atoms with van der Waals surface area (Å²) < 4.78 is 5.91. The number of ether oxygens (including phenoxy) is 1. The first kappa shape index (κ1) is 20.8. The molecule has 1 atom stereocenters. The van der Waals surface area contributed by atoms with Crippen LogP contribution in [0.3, 0.4) is 0 Å². The zero-order chi connectivity index (χ0) is 21.5. The number of para-hydroxylation sites is 1. The van der Waals surface area contributed by atoms with Crippen molar-refractivity contribution in [3.63, 3.8) is 0 Å². The van der Waals surface area contributed by atoms with Crippen LogP contribution in [0.1, 0.15) is 18.4 Å². The van der Waals surface area contributed by atoms with Crippen LogP contribution in [0, 0.1) is 0 Å². The maximum Gasteiger partial charge on any atom is 0.303 e. The second-order valence-corrected chi connectivity index (χ2v) is 7.83. The minimum absolute atomic E-state index is 0.140. The first-order valence-corrected chi connectivity index (χ1v) is 10.7. The van der Waals surface area contributed by atoms with E-state index in [4.69, 9.17) is 4.74 Å². The van der Waals surface area contributed by atoms with Gasteiger partial charge in [-0.3, -0.25) is 4.79 Å². The highest BCUT2D eigenvalue weighted by molar-refractivity contribution is 5.67. The molecule has 0 aliphatic carbocycles. The second-order valence-electron chi connectivity index (χ2n) is 7.83. The van der Waals surface area contributed by atoms with Gasteiger partial charge in [0.1, 0.15) is 12.4 Å². The zero-order valence-electron chi connectivity index (χ0n) is 17.6. The van der Waals surface area contributed by atoms with Crippen LogP contribution in [0.5, 0.6) is 5.75 Å². The number of carboxylic acid groups (broad SMARTS) is 1. The Morgan fingerprint density at radius 1 is 0.871 bits per heavy atom. The highest BCUT2D eigenvalue weighted by Crippen LogP contribution is 2.28. The van der Waals surface area contributed by atoms with E-state index in [1.807, 2.05) is 60.7 Å². The van der Waals surface area contributed by atoms with Crippen molar-refractivity contribution < 1.29 is 14.6 Å². The number of carboxylic acids is 1. The Morgan fingerprint density at radius 3 is 2.23 bits per heavy atom. The van der Waals surface area contributed by atoms with Crippen LogP contribution in [0.4, 0.5) is 11.4 Å². The Hall–Kier alpha value is -3.47. The lowest BCUT2D eigenvalue weighted by atomic mass is 10.0. The average molecular weight is 417 g/mol. The standard InChI is InChI=1S/C26H28N2O3/c29-26(30)16-13-24-19-27(22-9-5-2-6-10-22)17-18-28(24)23-11-14-25(15-12-23)31-20-21-7-3-1-4-8-21/h1-12,14-15,24H,13,16-20H2,(H,29,30)/t24-/m0/s1. The monoisotopic (exact) mass is 416 g/mol. The highest BCUT2D eigenvalue weighted by atomic mass is 16.5. The molecule has 1 fully saturated rings. The molecule has 4 rings (SSSR count). The number of hydrogen-bond acceptors (Lipinski definition) is 4. The fraction of sp³-hybridized carbons (Fsp3) is 0.269. The number of benzene rings is 3. The summed E-state index contributed by atoms with van der Waals surface area (Å²) >= 11 is 0. The third kappa shape index (κ3) is 5.57. The van der Waals surface area contributed by atoms with Gasteiger partial charge in [-0.2, -0.15) is 0 Å². The molecule has 0 bridgehead atoms. The molecular formula is C26H28N2O3. The molecule has 1 N–H and O–H groups in total. The zero-order valence-corrected chi connectivity index (χ0v) is 17.6. The lowest BCUT2D eigenvalue weighted by Crippen LogP contribution is -2.53. The second kappa shape index (κ2) is 10.0. The molecule has 1 aliphatic heterocycles. The molecule has 1 heterocycles. The molecule has 0 radical (unpaired) electrons. The minimum atomic E-state index is -0.749. The van der Waals surface area contributed by atoms with E-state index in [1.165, 1.54) is 5.69 Å². The van der Waals surface area contributed by atoms with E-state index >= 15 is 0 Å². The third-order valence-corrected chi connectivity index (χ3v) is 5.71. The molecule has 1 aliphatic rings. The number of piperazine rings is 1. The van der Waals surface area contributed by atoms with Gasteiger partial charge in [0.15, 0.2) is 0 Å². The van der Waals surface area contributed by atoms with Crippen LogP contribution in [0.15, 0.2) is 84.9 Å². The molecular weight excluding hydrogens is 388 g/mol. The summed E-state index contributed by atoms with van der Waals surface area (Å²) in [5, 5.41) is 9.22. The number of rotatable bonds is 8. The Labute approximate surface area is 183 Å². The molecule has 0 unspecified atom stereocenters. The van der Waals surface area contributed by atoms with Crippen molar-refractivity contribution in [3.05, 3.63) is 90.5 Å². The van der Waals surface area contributed by atoms with E-state index in [1.54, 1.807) is 0 Å². The fourth-order valence-corrected chi connectivity index (χ4v) is 4.08. The van der Waals surface area contributed by atoms with E-state index in [9.17, 15) is 9.90 Å². The molecule has 3 aromatic carbocycles. The summed E-state index contributed by atoms with van der Waals surface area (Å²) in [4.78, 5) is 15.9. The normalized spacial score (nSPS) is 16.2. The summed E-state index contributed by atoms with van der Waals surface area (Å²) in [6.45, 7) is 3.10. The maximum absolute atomic E-state index is 11.2. The first-order chi connectivity index (χ1) is 15.2. The fourth-order valence-electron chi connectivity index (χ4n) is 4.08. The number of anilines is 2. The maximum atomic E-state index is 11.2. The van der Waals surface area contributed by atoms with Gasteiger partial charge in [-0.25, -0.2) is 0 Å². The van der Waals surface area contributed by atoms with Crippen molar-refractivity contribution >= 4 is 17.3 Å². The summed E-state index contributed by atoms with van der Waals surface area (Å²) in [6, 6.07) is 28.7. The van der Waals surface area contributed by atoms with E-state index in [2.05, 4.69) is 34.1 Å². The van der Waals surface area contributed by atoms with Crippen LogP contribution >= 0.6 is 0 Å². The van der Waals surface area contributed by atoms with E-state index in [-0.39, 0.29) is 12.5 Å². The lowest BCUT2D eigenvalue weighted by Gasteiger charge is -2.44. The molecule has 5 heteroatoms. The summed E-state index contributed by atoms with van der Waals surface area (Å²) in [5.41, 5.74) is 3.43. The molecule has 160 valence electrons. The largest absolute Gasteiger partial charge is 0.489 e. The summed E-state index contributed by atoms with van der Waals surface area (Å²) in [6.07, 6.45) is 0.785. The van der Waals surface area contributed by atoms with Gasteiger partial charge in [0, 0.05) is 43.5 Å². The van der Waals surface area contributed by atoms with Crippen molar-refractivity contribution in [1.82, 2.24) is 0 Å². The molecule has 5 nitrogen and oxygen atoms in total. The first-order valence-electron chi connectivity index (χ1n) is 10.7. The van der Waals surface area contributed by atoms with Crippen LogP contribution in [-0.2, 0) is 11.4 Å². The van der Waals surface area contributed by atoms with Crippen LogP contribution in [-0.4, -0.2) is 36.8 Å². The van der Waals surface area contributed by atoms with Gasteiger partial charge in [-0.05, 0) is 48.4 Å². The highest BCUT2D eigenvalue weighted by Gasteiger charge is 2.27. The molecule has 31 heavy (non-hydrogen) atoms. The Kier molecular flexibility index (Phi) is 6.72. The molecule has 0 amide bonds. The van der Waals surface area contributed by atoms with Crippen molar-refractivity contribution in [2.45, 2.75) is 25.5 Å². The predicted octanol–water partition coefficient (Wildman–Crippen LogP) is 4.83.